The van der Waals surface area contributed by atoms with Crippen LogP contribution in [-0.4, -0.2) is 24.9 Å². The van der Waals surface area contributed by atoms with Crippen LogP contribution in [0.5, 0.6) is 5.75 Å². The molecule has 1 aliphatic rings. The number of benzene rings is 1. The van der Waals surface area contributed by atoms with Crippen LogP contribution < -0.4 is 4.74 Å². The van der Waals surface area contributed by atoms with E-state index in [2.05, 4.69) is 4.74 Å². The Morgan fingerprint density at radius 3 is 2.67 bits per heavy atom. The highest BCUT2D eigenvalue weighted by Gasteiger charge is 2.49. The first kappa shape index (κ1) is 15.7. The van der Waals surface area contributed by atoms with Gasteiger partial charge >= 0.3 is 12.1 Å². The van der Waals surface area contributed by atoms with Crippen LogP contribution in [0.1, 0.15) is 18.1 Å². The third-order valence-electron chi connectivity index (χ3n) is 3.04. The zero-order chi connectivity index (χ0) is 15.8. The average molecular weight is 321 g/mol. The van der Waals surface area contributed by atoms with Gasteiger partial charge in [-0.15, -0.1) is 0 Å². The Balaban J connectivity index is 2.56. The monoisotopic (exact) mass is 320 g/mol. The predicted molar refractivity (Wildman–Crippen MR) is 71.3 cm³/mol. The van der Waals surface area contributed by atoms with Crippen LogP contribution in [0.4, 0.5) is 13.2 Å². The van der Waals surface area contributed by atoms with E-state index in [9.17, 15) is 18.0 Å². The molecule has 0 aliphatic carbocycles. The summed E-state index contributed by atoms with van der Waals surface area (Å²) in [6.07, 6.45) is -5.93. The van der Waals surface area contributed by atoms with Gasteiger partial charge in [0.05, 0.1) is 12.2 Å². The number of fused-ring (bicyclic) bond motifs is 1. The fraction of sp³-hybridized carbons (Fsp3) is 0.357. The van der Waals surface area contributed by atoms with Crippen molar-refractivity contribution in [3.63, 3.8) is 0 Å². The van der Waals surface area contributed by atoms with Crippen molar-refractivity contribution in [2.45, 2.75) is 26.1 Å². The van der Waals surface area contributed by atoms with Crippen molar-refractivity contribution in [2.24, 2.45) is 0 Å². The zero-order valence-corrected chi connectivity index (χ0v) is 12.0. The number of hydrogen-bond donors (Lipinski definition) is 0. The van der Waals surface area contributed by atoms with Gasteiger partial charge in [0.15, 0.2) is 0 Å². The molecule has 0 spiro atoms. The number of carbonyl (C=O) groups excluding carboxylic acids is 1. The number of hydrogen-bond acceptors (Lipinski definition) is 3. The maximum Gasteiger partial charge on any atom is 0.430 e. The predicted octanol–water partition coefficient (Wildman–Crippen LogP) is 3.92. The van der Waals surface area contributed by atoms with Crippen LogP contribution in [0.2, 0.25) is 5.02 Å². The summed E-state index contributed by atoms with van der Waals surface area (Å²) in [4.78, 5) is 11.8. The first-order chi connectivity index (χ1) is 9.75. The van der Waals surface area contributed by atoms with E-state index in [-0.39, 0.29) is 12.4 Å². The Morgan fingerprint density at radius 2 is 2.10 bits per heavy atom. The second kappa shape index (κ2) is 5.60. The molecule has 0 aromatic heterocycles. The van der Waals surface area contributed by atoms with Gasteiger partial charge in [0.25, 0.3) is 0 Å². The molecule has 0 bridgehead atoms. The molecule has 0 radical (unpaired) electrons. The van der Waals surface area contributed by atoms with Crippen LogP contribution >= 0.6 is 11.6 Å². The summed E-state index contributed by atoms with van der Waals surface area (Å²) in [6.45, 7) is 3.13. The van der Waals surface area contributed by atoms with Gasteiger partial charge in [-0.2, -0.15) is 13.2 Å². The molecule has 0 amide bonds. The van der Waals surface area contributed by atoms with E-state index in [4.69, 9.17) is 16.3 Å². The fourth-order valence-electron chi connectivity index (χ4n) is 2.00. The van der Waals surface area contributed by atoms with Gasteiger partial charge in [-0.25, -0.2) is 4.79 Å². The summed E-state index contributed by atoms with van der Waals surface area (Å²) >= 11 is 5.94. The van der Waals surface area contributed by atoms with Crippen LogP contribution in [0.15, 0.2) is 17.7 Å². The molecular formula is C14H12ClF3O3. The summed E-state index contributed by atoms with van der Waals surface area (Å²) in [5.74, 6) is -1.02. The highest BCUT2D eigenvalue weighted by atomic mass is 35.5. The fourth-order valence-corrected chi connectivity index (χ4v) is 2.17. The third-order valence-corrected chi connectivity index (χ3v) is 3.45. The summed E-state index contributed by atoms with van der Waals surface area (Å²) in [7, 11) is 0. The van der Waals surface area contributed by atoms with Crippen LogP contribution in [0, 0.1) is 6.92 Å². The Bertz CT molecular complexity index is 608. The molecule has 114 valence electrons. The molecule has 1 unspecified atom stereocenters. The Labute approximate surface area is 124 Å². The largest absolute Gasteiger partial charge is 0.475 e. The minimum absolute atomic E-state index is 0.0257. The molecule has 0 N–H and O–H groups in total. The van der Waals surface area contributed by atoms with E-state index in [0.717, 1.165) is 6.08 Å². The van der Waals surface area contributed by atoms with Crippen molar-refractivity contribution in [2.75, 3.05) is 6.61 Å². The van der Waals surface area contributed by atoms with E-state index < -0.39 is 23.8 Å². The number of halogens is 4. The minimum Gasteiger partial charge on any atom is -0.475 e. The molecule has 3 nitrogen and oxygen atoms in total. The van der Waals surface area contributed by atoms with Gasteiger partial charge in [-0.3, -0.25) is 0 Å². The molecule has 1 aromatic carbocycles. The Hall–Kier alpha value is -1.69. The summed E-state index contributed by atoms with van der Waals surface area (Å²) in [6, 6.07) is 2.80. The van der Waals surface area contributed by atoms with Crippen molar-refractivity contribution in [1.82, 2.24) is 0 Å². The second-order valence-electron chi connectivity index (χ2n) is 4.44. The average Bonchev–Trinajstić information content (AvgIpc) is 2.41. The van der Waals surface area contributed by atoms with E-state index in [0.29, 0.717) is 16.1 Å². The van der Waals surface area contributed by atoms with Gasteiger partial charge in [-0.05, 0) is 37.6 Å². The Kier molecular flexibility index (Phi) is 4.18. The van der Waals surface area contributed by atoms with Crippen molar-refractivity contribution in [3.8, 4) is 5.75 Å². The summed E-state index contributed by atoms with van der Waals surface area (Å²) in [5.41, 5.74) is 0.310. The maximum absolute atomic E-state index is 13.1. The molecule has 7 heteroatoms. The topological polar surface area (TPSA) is 35.5 Å². The minimum atomic E-state index is -4.72. The highest BCUT2D eigenvalue weighted by Crippen LogP contribution is 2.40. The standard InChI is InChI=1S/C14H12ClF3O3/c1-3-20-13(19)9-6-8-7(2)10(15)4-5-11(8)21-12(9)14(16,17)18/h4-6,12H,3H2,1-2H3. The number of rotatable bonds is 2. The molecule has 0 saturated heterocycles. The first-order valence-corrected chi connectivity index (χ1v) is 6.54. The number of carbonyl (C=O) groups is 1. The molecule has 1 atom stereocenters. The third kappa shape index (κ3) is 3.00. The van der Waals surface area contributed by atoms with Crippen LogP contribution in [-0.2, 0) is 9.53 Å². The van der Waals surface area contributed by atoms with E-state index >= 15 is 0 Å². The summed E-state index contributed by atoms with van der Waals surface area (Å²) in [5, 5.41) is 0.377. The van der Waals surface area contributed by atoms with E-state index in [1.54, 1.807) is 6.92 Å². The quantitative estimate of drug-likeness (QED) is 0.775. The highest BCUT2D eigenvalue weighted by molar-refractivity contribution is 6.31. The van der Waals surface area contributed by atoms with E-state index in [1.165, 1.54) is 19.1 Å². The van der Waals surface area contributed by atoms with Gasteiger partial charge in [0.1, 0.15) is 5.75 Å². The Morgan fingerprint density at radius 1 is 1.43 bits per heavy atom. The molecule has 1 aliphatic heterocycles. The molecule has 1 aromatic rings. The summed E-state index contributed by atoms with van der Waals surface area (Å²) < 4.78 is 48.8. The molecule has 0 saturated carbocycles. The normalized spacial score (nSPS) is 17.6. The molecule has 2 rings (SSSR count). The first-order valence-electron chi connectivity index (χ1n) is 6.17. The van der Waals surface area contributed by atoms with Gasteiger partial charge < -0.3 is 9.47 Å². The number of esters is 1. The SMILES string of the molecule is CCOC(=O)C1=Cc2c(ccc(Cl)c2C)OC1C(F)(F)F. The molecule has 1 heterocycles. The lowest BCUT2D eigenvalue weighted by Crippen LogP contribution is -2.40. The maximum atomic E-state index is 13.1. The molecule has 0 fully saturated rings. The molecular weight excluding hydrogens is 309 g/mol. The number of ether oxygens (including phenoxy) is 2. The van der Waals surface area contributed by atoms with Crippen molar-refractivity contribution in [1.29, 1.82) is 0 Å². The zero-order valence-electron chi connectivity index (χ0n) is 11.3. The lowest BCUT2D eigenvalue weighted by atomic mass is 9.98. The van der Waals surface area contributed by atoms with Crippen molar-refractivity contribution >= 4 is 23.6 Å². The van der Waals surface area contributed by atoms with Gasteiger partial charge in [-0.1, -0.05) is 11.6 Å². The van der Waals surface area contributed by atoms with Gasteiger partial charge in [0, 0.05) is 10.6 Å². The number of alkyl halides is 3. The van der Waals surface area contributed by atoms with Crippen LogP contribution in [0.3, 0.4) is 0 Å². The van der Waals surface area contributed by atoms with Crippen LogP contribution in [0.25, 0.3) is 6.08 Å². The van der Waals surface area contributed by atoms with Crippen molar-refractivity contribution < 1.29 is 27.4 Å². The lowest BCUT2D eigenvalue weighted by Gasteiger charge is -2.28. The smallest absolute Gasteiger partial charge is 0.430 e. The lowest BCUT2D eigenvalue weighted by molar-refractivity contribution is -0.187. The van der Waals surface area contributed by atoms with Gasteiger partial charge in [0.2, 0.25) is 6.10 Å². The second-order valence-corrected chi connectivity index (χ2v) is 4.85. The van der Waals surface area contributed by atoms with E-state index in [1.807, 2.05) is 0 Å². The molecule has 21 heavy (non-hydrogen) atoms. The van der Waals surface area contributed by atoms with Crippen molar-refractivity contribution in [3.05, 3.63) is 33.9 Å².